The third-order valence-corrected chi connectivity index (χ3v) is 4.05. The van der Waals surface area contributed by atoms with E-state index in [1.165, 1.54) is 31.4 Å². The number of benzene rings is 2. The lowest BCUT2D eigenvalue weighted by atomic mass is 10.1. The van der Waals surface area contributed by atoms with Gasteiger partial charge in [0.1, 0.15) is 12.3 Å². The number of rotatable bonds is 5. The molecule has 9 heteroatoms. The van der Waals surface area contributed by atoms with Crippen LogP contribution in [0.1, 0.15) is 5.56 Å². The topological polar surface area (TPSA) is 73.2 Å². The first-order chi connectivity index (χ1) is 13.8. The van der Waals surface area contributed by atoms with Crippen molar-refractivity contribution >= 4 is 11.6 Å². The zero-order valence-corrected chi connectivity index (χ0v) is 15.2. The Hall–Kier alpha value is -3.62. The molecule has 0 unspecified atom stereocenters. The number of alkyl halides is 3. The highest BCUT2D eigenvalue weighted by atomic mass is 19.4. The monoisotopic (exact) mass is 403 g/mol. The molecule has 3 aromatic rings. The van der Waals surface area contributed by atoms with Gasteiger partial charge in [-0.05, 0) is 42.5 Å². The Morgan fingerprint density at radius 1 is 1.07 bits per heavy atom. The second kappa shape index (κ2) is 8.17. The quantitative estimate of drug-likeness (QED) is 0.707. The van der Waals surface area contributed by atoms with Crippen molar-refractivity contribution in [3.05, 3.63) is 76.6 Å². The maximum Gasteiger partial charge on any atom is 0.418 e. The van der Waals surface area contributed by atoms with Crippen molar-refractivity contribution in [3.8, 4) is 17.0 Å². The summed E-state index contributed by atoms with van der Waals surface area (Å²) in [6.45, 7) is -0.533. The molecule has 2 aromatic carbocycles. The fourth-order valence-corrected chi connectivity index (χ4v) is 2.64. The Kier molecular flexibility index (Phi) is 5.67. The van der Waals surface area contributed by atoms with Crippen LogP contribution in [-0.4, -0.2) is 22.8 Å². The zero-order chi connectivity index (χ0) is 21.0. The molecule has 0 aliphatic carbocycles. The van der Waals surface area contributed by atoms with Crippen LogP contribution in [0.4, 0.5) is 18.9 Å². The van der Waals surface area contributed by atoms with Gasteiger partial charge in [0, 0.05) is 11.6 Å². The van der Waals surface area contributed by atoms with Gasteiger partial charge in [-0.1, -0.05) is 12.1 Å². The summed E-state index contributed by atoms with van der Waals surface area (Å²) >= 11 is 0. The number of methoxy groups -OCH3 is 1. The Morgan fingerprint density at radius 2 is 1.76 bits per heavy atom. The normalized spacial score (nSPS) is 11.2. The molecule has 1 heterocycles. The highest BCUT2D eigenvalue weighted by Gasteiger charge is 2.33. The minimum atomic E-state index is -4.62. The van der Waals surface area contributed by atoms with Crippen molar-refractivity contribution in [3.63, 3.8) is 0 Å². The largest absolute Gasteiger partial charge is 0.497 e. The second-order valence-corrected chi connectivity index (χ2v) is 6.03. The lowest BCUT2D eigenvalue weighted by Crippen LogP contribution is -2.29. The molecule has 0 bridgehead atoms. The van der Waals surface area contributed by atoms with E-state index in [2.05, 4.69) is 10.4 Å². The third-order valence-electron chi connectivity index (χ3n) is 4.05. The summed E-state index contributed by atoms with van der Waals surface area (Å²) in [4.78, 5) is 24.3. The standard InChI is InChI=1S/C20H16F3N3O3/c1-29-14-8-6-13(7-9-14)16-10-11-19(28)26(25-16)12-18(27)24-17-5-3-2-4-15(17)20(21,22)23/h2-11H,12H2,1H3,(H,24,27). The number of hydrogen-bond donors (Lipinski definition) is 1. The van der Waals surface area contributed by atoms with E-state index in [0.717, 1.165) is 16.8 Å². The average molecular weight is 403 g/mol. The lowest BCUT2D eigenvalue weighted by Gasteiger charge is -2.14. The van der Waals surface area contributed by atoms with Crippen LogP contribution in [0.25, 0.3) is 11.3 Å². The van der Waals surface area contributed by atoms with Crippen LogP contribution in [0.3, 0.4) is 0 Å². The van der Waals surface area contributed by atoms with Crippen LogP contribution >= 0.6 is 0 Å². The van der Waals surface area contributed by atoms with Gasteiger partial charge in [0.2, 0.25) is 5.91 Å². The Morgan fingerprint density at radius 3 is 2.41 bits per heavy atom. The summed E-state index contributed by atoms with van der Waals surface area (Å²) in [7, 11) is 1.53. The molecule has 0 aliphatic heterocycles. The van der Waals surface area contributed by atoms with Gasteiger partial charge in [-0.2, -0.15) is 18.3 Å². The molecule has 6 nitrogen and oxygen atoms in total. The summed E-state index contributed by atoms with van der Waals surface area (Å²) < 4.78 is 45.1. The number of nitrogens with one attached hydrogen (secondary N) is 1. The Balaban J connectivity index is 1.81. The number of hydrogen-bond acceptors (Lipinski definition) is 4. The third kappa shape index (κ3) is 4.81. The first-order valence-electron chi connectivity index (χ1n) is 8.46. The van der Waals surface area contributed by atoms with Crippen molar-refractivity contribution in [2.45, 2.75) is 12.7 Å². The Labute approximate surface area is 163 Å². The highest BCUT2D eigenvalue weighted by Crippen LogP contribution is 2.34. The number of para-hydroxylation sites is 1. The number of ether oxygens (including phenoxy) is 1. The van der Waals surface area contributed by atoms with Gasteiger partial charge >= 0.3 is 6.18 Å². The first kappa shape index (κ1) is 20.1. The highest BCUT2D eigenvalue weighted by molar-refractivity contribution is 5.91. The van der Waals surface area contributed by atoms with Crippen LogP contribution in [0.5, 0.6) is 5.75 Å². The molecule has 1 aromatic heterocycles. The van der Waals surface area contributed by atoms with Crippen molar-refractivity contribution in [2.75, 3.05) is 12.4 Å². The smallest absolute Gasteiger partial charge is 0.418 e. The second-order valence-electron chi connectivity index (χ2n) is 6.03. The van der Waals surface area contributed by atoms with E-state index < -0.39 is 29.8 Å². The minimum Gasteiger partial charge on any atom is -0.497 e. The molecule has 0 saturated heterocycles. The molecular weight excluding hydrogens is 387 g/mol. The van der Waals surface area contributed by atoms with Crippen LogP contribution in [0, 0.1) is 0 Å². The molecular formula is C20H16F3N3O3. The van der Waals surface area contributed by atoms with Gasteiger partial charge in [0.25, 0.3) is 5.56 Å². The van der Waals surface area contributed by atoms with Crippen LogP contribution in [-0.2, 0) is 17.5 Å². The van der Waals surface area contributed by atoms with E-state index in [-0.39, 0.29) is 5.69 Å². The number of carbonyl (C=O) groups excluding carboxylic acids is 1. The van der Waals surface area contributed by atoms with Crippen molar-refractivity contribution < 1.29 is 22.7 Å². The fourth-order valence-electron chi connectivity index (χ4n) is 2.64. The van der Waals surface area contributed by atoms with Crippen molar-refractivity contribution in [1.82, 2.24) is 9.78 Å². The van der Waals surface area contributed by atoms with Gasteiger partial charge < -0.3 is 10.1 Å². The first-order valence-corrected chi connectivity index (χ1v) is 8.46. The number of nitrogens with zero attached hydrogens (tertiary/aromatic N) is 2. The number of amides is 1. The summed E-state index contributed by atoms with van der Waals surface area (Å²) in [5, 5.41) is 6.32. The Bertz CT molecular complexity index is 1080. The van der Waals surface area contributed by atoms with Gasteiger partial charge in [-0.25, -0.2) is 4.68 Å². The SMILES string of the molecule is COc1ccc(-c2ccc(=O)n(CC(=O)Nc3ccccc3C(F)(F)F)n2)cc1. The molecule has 29 heavy (non-hydrogen) atoms. The summed E-state index contributed by atoms with van der Waals surface area (Å²) in [6, 6.07) is 14.2. The maximum absolute atomic E-state index is 13.1. The summed E-state index contributed by atoms with van der Waals surface area (Å²) in [5.41, 5.74) is -0.801. The molecule has 0 atom stereocenters. The number of aromatic nitrogens is 2. The molecule has 0 radical (unpaired) electrons. The van der Waals surface area contributed by atoms with Crippen molar-refractivity contribution in [2.24, 2.45) is 0 Å². The van der Waals surface area contributed by atoms with E-state index in [0.29, 0.717) is 17.0 Å². The molecule has 0 spiro atoms. The van der Waals surface area contributed by atoms with Crippen molar-refractivity contribution in [1.29, 1.82) is 0 Å². The summed E-state index contributed by atoms with van der Waals surface area (Å²) in [6.07, 6.45) is -4.62. The minimum absolute atomic E-state index is 0.385. The average Bonchev–Trinajstić information content (AvgIpc) is 2.69. The predicted octanol–water partition coefficient (Wildman–Crippen LogP) is 3.58. The molecule has 0 fully saturated rings. The molecule has 1 amide bonds. The maximum atomic E-state index is 13.1. The molecule has 3 rings (SSSR count). The molecule has 1 N–H and O–H groups in total. The van der Waals surface area contributed by atoms with E-state index in [9.17, 15) is 22.8 Å². The van der Waals surface area contributed by atoms with Gasteiger partial charge in [0.15, 0.2) is 0 Å². The molecule has 150 valence electrons. The number of carbonyl (C=O) groups is 1. The number of halogens is 3. The lowest BCUT2D eigenvalue weighted by molar-refractivity contribution is -0.137. The van der Waals surface area contributed by atoms with E-state index in [1.807, 2.05) is 0 Å². The zero-order valence-electron chi connectivity index (χ0n) is 15.2. The van der Waals surface area contributed by atoms with Gasteiger partial charge in [0.05, 0.1) is 24.1 Å². The van der Waals surface area contributed by atoms with Gasteiger partial charge in [-0.3, -0.25) is 9.59 Å². The van der Waals surface area contributed by atoms with E-state index in [4.69, 9.17) is 4.74 Å². The van der Waals surface area contributed by atoms with Crippen LogP contribution in [0.15, 0.2) is 65.5 Å². The number of anilines is 1. The van der Waals surface area contributed by atoms with E-state index >= 15 is 0 Å². The van der Waals surface area contributed by atoms with Gasteiger partial charge in [-0.15, -0.1) is 0 Å². The van der Waals surface area contributed by atoms with Crippen LogP contribution in [0.2, 0.25) is 0 Å². The molecule has 0 aliphatic rings. The fraction of sp³-hybridized carbons (Fsp3) is 0.150. The van der Waals surface area contributed by atoms with Crippen LogP contribution < -0.4 is 15.6 Å². The predicted molar refractivity (Wildman–Crippen MR) is 101 cm³/mol. The van der Waals surface area contributed by atoms with E-state index in [1.54, 1.807) is 24.3 Å². The molecule has 0 saturated carbocycles. The summed E-state index contributed by atoms with van der Waals surface area (Å²) in [5.74, 6) is -0.159.